The fourth-order valence-electron chi connectivity index (χ4n) is 2.37. The molecule has 3 heteroatoms. The summed E-state index contributed by atoms with van der Waals surface area (Å²) in [5.41, 5.74) is 3.76. The van der Waals surface area contributed by atoms with E-state index in [0.717, 1.165) is 43.9 Å². The predicted octanol–water partition coefficient (Wildman–Crippen LogP) is 4.32. The van der Waals surface area contributed by atoms with Gasteiger partial charge in [0.2, 0.25) is 0 Å². The molecule has 0 bridgehead atoms. The van der Waals surface area contributed by atoms with Gasteiger partial charge in [0.25, 0.3) is 0 Å². The molecule has 1 aliphatic rings. The van der Waals surface area contributed by atoms with E-state index in [4.69, 9.17) is 9.73 Å². The van der Waals surface area contributed by atoms with E-state index in [1.165, 1.54) is 16.0 Å². The van der Waals surface area contributed by atoms with Crippen LogP contribution in [0.2, 0.25) is 0 Å². The fourth-order valence-corrected chi connectivity index (χ4v) is 3.35. The van der Waals surface area contributed by atoms with Gasteiger partial charge >= 0.3 is 0 Å². The van der Waals surface area contributed by atoms with Crippen LogP contribution in [0.5, 0.6) is 5.75 Å². The van der Waals surface area contributed by atoms with Gasteiger partial charge in [0.1, 0.15) is 5.75 Å². The summed E-state index contributed by atoms with van der Waals surface area (Å²) in [5, 5.41) is 2.16. The highest BCUT2D eigenvalue weighted by Crippen LogP contribution is 2.26. The Morgan fingerprint density at radius 3 is 2.85 bits per heavy atom. The van der Waals surface area contributed by atoms with Gasteiger partial charge in [-0.3, -0.25) is 4.99 Å². The highest BCUT2D eigenvalue weighted by atomic mass is 32.1. The van der Waals surface area contributed by atoms with Crippen molar-refractivity contribution in [1.29, 1.82) is 0 Å². The molecule has 104 valence electrons. The minimum absolute atomic E-state index is 0.797. The summed E-state index contributed by atoms with van der Waals surface area (Å²) in [4.78, 5) is 6.03. The van der Waals surface area contributed by atoms with Crippen molar-refractivity contribution in [2.75, 3.05) is 13.2 Å². The van der Waals surface area contributed by atoms with Crippen LogP contribution in [0.15, 0.2) is 40.7 Å². The molecule has 0 fully saturated rings. The average molecular weight is 285 g/mol. The zero-order valence-electron chi connectivity index (χ0n) is 11.8. The van der Waals surface area contributed by atoms with Crippen molar-refractivity contribution in [1.82, 2.24) is 0 Å². The van der Waals surface area contributed by atoms with E-state index in [9.17, 15) is 0 Å². The highest BCUT2D eigenvalue weighted by Gasteiger charge is 2.16. The summed E-state index contributed by atoms with van der Waals surface area (Å²) in [6, 6.07) is 10.6. The molecule has 0 aliphatic carbocycles. The quantitative estimate of drug-likeness (QED) is 0.750. The van der Waals surface area contributed by atoms with Gasteiger partial charge in [-0.15, -0.1) is 11.3 Å². The lowest BCUT2D eigenvalue weighted by molar-refractivity contribution is 0.309. The summed E-state index contributed by atoms with van der Waals surface area (Å²) < 4.78 is 5.71. The molecule has 3 rings (SSSR count). The lowest BCUT2D eigenvalue weighted by atomic mass is 10.0. The molecule has 0 unspecified atom stereocenters. The molecule has 1 aromatic heterocycles. The van der Waals surface area contributed by atoms with Crippen LogP contribution in [0, 0.1) is 0 Å². The SMILES string of the molecule is CCCCOc1ccc(C2=NCCc3ccsc32)cc1. The van der Waals surface area contributed by atoms with Gasteiger partial charge in [-0.2, -0.15) is 0 Å². The number of hydrogen-bond acceptors (Lipinski definition) is 3. The number of nitrogens with zero attached hydrogens (tertiary/aromatic N) is 1. The number of ether oxygens (including phenoxy) is 1. The standard InChI is InChI=1S/C17H19NOS/c1-2-3-11-19-15-6-4-13(5-7-15)16-17-14(8-10-18-16)9-12-20-17/h4-7,9,12H,2-3,8,10-11H2,1H3. The van der Waals surface area contributed by atoms with Crippen LogP contribution in [0.3, 0.4) is 0 Å². The Hall–Kier alpha value is -1.61. The van der Waals surface area contributed by atoms with Crippen LogP contribution in [0.1, 0.15) is 35.8 Å². The van der Waals surface area contributed by atoms with Crippen LogP contribution >= 0.6 is 11.3 Å². The van der Waals surface area contributed by atoms with Crippen molar-refractivity contribution in [3.63, 3.8) is 0 Å². The first-order valence-corrected chi connectivity index (χ1v) is 8.11. The number of fused-ring (bicyclic) bond motifs is 1. The van der Waals surface area contributed by atoms with E-state index < -0.39 is 0 Å². The summed E-state index contributed by atoms with van der Waals surface area (Å²) >= 11 is 1.79. The van der Waals surface area contributed by atoms with E-state index in [-0.39, 0.29) is 0 Å². The largest absolute Gasteiger partial charge is 0.494 e. The first kappa shape index (κ1) is 13.4. The number of hydrogen-bond donors (Lipinski definition) is 0. The summed E-state index contributed by atoms with van der Waals surface area (Å²) in [6.07, 6.45) is 3.34. The Morgan fingerprint density at radius 1 is 1.20 bits per heavy atom. The molecule has 0 spiro atoms. The van der Waals surface area contributed by atoms with E-state index in [1.54, 1.807) is 11.3 Å². The van der Waals surface area contributed by atoms with Crippen molar-refractivity contribution in [3.05, 3.63) is 51.7 Å². The van der Waals surface area contributed by atoms with Crippen LogP contribution in [-0.2, 0) is 6.42 Å². The summed E-state index contributed by atoms with van der Waals surface area (Å²) in [6.45, 7) is 3.87. The molecule has 0 atom stereocenters. The van der Waals surface area contributed by atoms with Crippen molar-refractivity contribution in [2.24, 2.45) is 4.99 Å². The van der Waals surface area contributed by atoms with Gasteiger partial charge in [-0.25, -0.2) is 0 Å². The second-order valence-electron chi connectivity index (χ2n) is 4.98. The van der Waals surface area contributed by atoms with Gasteiger partial charge in [0.15, 0.2) is 0 Å². The van der Waals surface area contributed by atoms with E-state index in [2.05, 4.69) is 42.6 Å². The Labute approximate surface area is 124 Å². The lowest BCUT2D eigenvalue weighted by Crippen LogP contribution is -2.11. The molecule has 0 amide bonds. The molecule has 1 aromatic carbocycles. The molecule has 0 saturated carbocycles. The lowest BCUT2D eigenvalue weighted by Gasteiger charge is -2.13. The van der Waals surface area contributed by atoms with Crippen molar-refractivity contribution < 1.29 is 4.74 Å². The maximum Gasteiger partial charge on any atom is 0.119 e. The molecule has 20 heavy (non-hydrogen) atoms. The number of unbranched alkanes of at least 4 members (excludes halogenated alkanes) is 1. The normalized spacial score (nSPS) is 13.8. The molecule has 2 heterocycles. The molecular weight excluding hydrogens is 266 g/mol. The molecule has 0 saturated heterocycles. The average Bonchev–Trinajstić information content (AvgIpc) is 2.97. The molecular formula is C17H19NOS. The van der Waals surface area contributed by atoms with Crippen LogP contribution < -0.4 is 4.74 Å². The third kappa shape index (κ3) is 2.78. The van der Waals surface area contributed by atoms with Gasteiger partial charge in [-0.05, 0) is 54.1 Å². The number of benzene rings is 1. The number of rotatable bonds is 5. The Bertz CT molecular complexity index is 598. The van der Waals surface area contributed by atoms with Gasteiger partial charge in [0, 0.05) is 12.1 Å². The van der Waals surface area contributed by atoms with Crippen molar-refractivity contribution >= 4 is 17.0 Å². The van der Waals surface area contributed by atoms with E-state index in [1.807, 2.05) is 0 Å². The highest BCUT2D eigenvalue weighted by molar-refractivity contribution is 7.12. The third-order valence-corrected chi connectivity index (χ3v) is 4.47. The summed E-state index contributed by atoms with van der Waals surface area (Å²) in [7, 11) is 0. The third-order valence-electron chi connectivity index (χ3n) is 3.51. The second-order valence-corrected chi connectivity index (χ2v) is 5.90. The number of aliphatic imine (C=N–C) groups is 1. The van der Waals surface area contributed by atoms with E-state index in [0.29, 0.717) is 0 Å². The topological polar surface area (TPSA) is 21.6 Å². The second kappa shape index (κ2) is 6.23. The van der Waals surface area contributed by atoms with Gasteiger partial charge in [0.05, 0.1) is 17.2 Å². The van der Waals surface area contributed by atoms with Crippen molar-refractivity contribution in [3.8, 4) is 5.75 Å². The van der Waals surface area contributed by atoms with Crippen molar-refractivity contribution in [2.45, 2.75) is 26.2 Å². The first-order valence-electron chi connectivity index (χ1n) is 7.23. The molecule has 2 nitrogen and oxygen atoms in total. The Morgan fingerprint density at radius 2 is 2.05 bits per heavy atom. The zero-order valence-corrected chi connectivity index (χ0v) is 12.6. The smallest absolute Gasteiger partial charge is 0.119 e. The minimum atomic E-state index is 0.797. The zero-order chi connectivity index (χ0) is 13.8. The number of thiophene rings is 1. The van der Waals surface area contributed by atoms with Gasteiger partial charge in [-0.1, -0.05) is 13.3 Å². The monoisotopic (exact) mass is 285 g/mol. The molecule has 0 N–H and O–H groups in total. The predicted molar refractivity (Wildman–Crippen MR) is 85.4 cm³/mol. The molecule has 2 aromatic rings. The van der Waals surface area contributed by atoms with Crippen LogP contribution in [0.4, 0.5) is 0 Å². The van der Waals surface area contributed by atoms with Crippen LogP contribution in [-0.4, -0.2) is 18.9 Å². The summed E-state index contributed by atoms with van der Waals surface area (Å²) in [5.74, 6) is 0.949. The fraction of sp³-hybridized carbons (Fsp3) is 0.353. The molecule has 1 aliphatic heterocycles. The van der Waals surface area contributed by atoms with Crippen LogP contribution in [0.25, 0.3) is 0 Å². The maximum absolute atomic E-state index is 5.71. The Kier molecular flexibility index (Phi) is 4.16. The van der Waals surface area contributed by atoms with Gasteiger partial charge < -0.3 is 4.74 Å². The molecule has 0 radical (unpaired) electrons. The maximum atomic E-state index is 5.71. The Balaban J connectivity index is 1.77. The minimum Gasteiger partial charge on any atom is -0.494 e. The first-order chi connectivity index (χ1) is 9.88. The van der Waals surface area contributed by atoms with E-state index >= 15 is 0 Å².